The number of thiazole rings is 1. The lowest BCUT2D eigenvalue weighted by Crippen LogP contribution is -2.25. The Morgan fingerprint density at radius 3 is 3.00 bits per heavy atom. The van der Waals surface area contributed by atoms with Crippen LogP contribution < -0.4 is 10.5 Å². The van der Waals surface area contributed by atoms with Gasteiger partial charge in [-0.3, -0.25) is 5.10 Å². The summed E-state index contributed by atoms with van der Waals surface area (Å²) in [5.74, 6) is 0. The number of nitrogens with zero attached hydrogens (tertiary/aromatic N) is 2. The summed E-state index contributed by atoms with van der Waals surface area (Å²) in [5.41, 5.74) is 5.88. The molecule has 0 fully saturated rings. The third-order valence-electron chi connectivity index (χ3n) is 2.06. The number of sulfonamides is 1. The molecule has 0 saturated carbocycles. The van der Waals surface area contributed by atoms with E-state index in [0.29, 0.717) is 10.6 Å². The standard InChI is InChI=1S/C8H11N5O2S2/c9-3-6-4-11-13-8(6)17(14,15)12-5-7-10-1-2-16-7/h1-2,4,12H,3,5,9H2,(H,11,13). The van der Waals surface area contributed by atoms with Crippen molar-refractivity contribution in [1.29, 1.82) is 0 Å². The molecule has 0 aliphatic carbocycles. The number of aromatic nitrogens is 3. The van der Waals surface area contributed by atoms with Gasteiger partial charge in [-0.1, -0.05) is 0 Å². The maximum atomic E-state index is 11.9. The molecule has 2 aromatic heterocycles. The highest BCUT2D eigenvalue weighted by Gasteiger charge is 2.19. The van der Waals surface area contributed by atoms with Crippen molar-refractivity contribution >= 4 is 21.4 Å². The van der Waals surface area contributed by atoms with Crippen molar-refractivity contribution in [2.24, 2.45) is 5.73 Å². The van der Waals surface area contributed by atoms with Crippen molar-refractivity contribution in [3.8, 4) is 0 Å². The lowest BCUT2D eigenvalue weighted by atomic mass is 10.4. The van der Waals surface area contributed by atoms with Crippen LogP contribution in [0.15, 0.2) is 22.8 Å². The molecule has 92 valence electrons. The molecule has 0 atom stereocenters. The van der Waals surface area contributed by atoms with Crippen molar-refractivity contribution in [2.75, 3.05) is 0 Å². The van der Waals surface area contributed by atoms with E-state index in [0.717, 1.165) is 0 Å². The van der Waals surface area contributed by atoms with Gasteiger partial charge in [-0.15, -0.1) is 11.3 Å². The zero-order chi connectivity index (χ0) is 12.3. The first kappa shape index (κ1) is 12.2. The second-order valence-electron chi connectivity index (χ2n) is 3.18. The summed E-state index contributed by atoms with van der Waals surface area (Å²) < 4.78 is 26.2. The number of hydrogen-bond donors (Lipinski definition) is 3. The first-order valence-electron chi connectivity index (χ1n) is 4.74. The zero-order valence-electron chi connectivity index (χ0n) is 8.75. The van der Waals surface area contributed by atoms with Crippen LogP contribution in [0.1, 0.15) is 10.6 Å². The van der Waals surface area contributed by atoms with Crippen molar-refractivity contribution in [1.82, 2.24) is 19.9 Å². The highest BCUT2D eigenvalue weighted by molar-refractivity contribution is 7.89. The molecule has 9 heteroatoms. The van der Waals surface area contributed by atoms with Gasteiger partial charge in [0.05, 0.1) is 12.7 Å². The summed E-state index contributed by atoms with van der Waals surface area (Å²) in [4.78, 5) is 3.98. The van der Waals surface area contributed by atoms with E-state index in [-0.39, 0.29) is 18.1 Å². The van der Waals surface area contributed by atoms with Gasteiger partial charge in [0.2, 0.25) is 0 Å². The van der Waals surface area contributed by atoms with Crippen LogP contribution in [-0.4, -0.2) is 23.6 Å². The van der Waals surface area contributed by atoms with E-state index < -0.39 is 10.0 Å². The normalized spacial score (nSPS) is 11.8. The van der Waals surface area contributed by atoms with E-state index in [9.17, 15) is 8.42 Å². The van der Waals surface area contributed by atoms with E-state index in [1.807, 2.05) is 0 Å². The van der Waals surface area contributed by atoms with E-state index in [1.54, 1.807) is 11.6 Å². The molecule has 4 N–H and O–H groups in total. The number of hydrogen-bond acceptors (Lipinski definition) is 6. The van der Waals surface area contributed by atoms with Crippen molar-refractivity contribution in [2.45, 2.75) is 18.1 Å². The molecule has 0 spiro atoms. The lowest BCUT2D eigenvalue weighted by molar-refractivity contribution is 0.575. The Balaban J connectivity index is 2.14. The number of nitrogens with one attached hydrogen (secondary N) is 2. The van der Waals surface area contributed by atoms with Crippen LogP contribution in [0.25, 0.3) is 0 Å². The summed E-state index contributed by atoms with van der Waals surface area (Å²) in [6.07, 6.45) is 3.02. The molecule has 0 bridgehead atoms. The summed E-state index contributed by atoms with van der Waals surface area (Å²) >= 11 is 1.38. The number of aromatic amines is 1. The molecule has 0 unspecified atom stereocenters. The molecule has 0 aliphatic heterocycles. The van der Waals surface area contributed by atoms with Gasteiger partial charge in [0.15, 0.2) is 5.03 Å². The predicted octanol–water partition coefficient (Wildman–Crippen LogP) is -0.197. The molecule has 7 nitrogen and oxygen atoms in total. The fourth-order valence-corrected chi connectivity index (χ4v) is 3.02. The van der Waals surface area contributed by atoms with E-state index >= 15 is 0 Å². The Labute approximate surface area is 102 Å². The molecule has 0 saturated heterocycles. The maximum Gasteiger partial charge on any atom is 0.258 e. The first-order valence-corrected chi connectivity index (χ1v) is 7.10. The highest BCUT2D eigenvalue weighted by Crippen LogP contribution is 2.12. The average molecular weight is 273 g/mol. The van der Waals surface area contributed by atoms with Gasteiger partial charge in [-0.05, 0) is 0 Å². The number of nitrogens with two attached hydrogens (primary N) is 1. The minimum absolute atomic E-state index is 0.0107. The smallest absolute Gasteiger partial charge is 0.258 e. The van der Waals surface area contributed by atoms with Crippen molar-refractivity contribution in [3.63, 3.8) is 0 Å². The van der Waals surface area contributed by atoms with Crippen LogP contribution >= 0.6 is 11.3 Å². The minimum Gasteiger partial charge on any atom is -0.326 e. The van der Waals surface area contributed by atoms with Gasteiger partial charge < -0.3 is 5.73 Å². The fraction of sp³-hybridized carbons (Fsp3) is 0.250. The van der Waals surface area contributed by atoms with Crippen LogP contribution in [0.4, 0.5) is 0 Å². The topological polar surface area (TPSA) is 114 Å². The SMILES string of the molecule is NCc1cn[nH]c1S(=O)(=O)NCc1nccs1. The quantitative estimate of drug-likeness (QED) is 0.698. The third kappa shape index (κ3) is 2.69. The molecule has 0 aliphatic rings. The molecule has 2 aromatic rings. The Bertz CT molecular complexity index is 575. The molecule has 2 heterocycles. The Morgan fingerprint density at radius 2 is 2.35 bits per heavy atom. The molecular formula is C8H11N5O2S2. The van der Waals surface area contributed by atoms with E-state index in [1.165, 1.54) is 17.5 Å². The maximum absolute atomic E-state index is 11.9. The Hall–Kier alpha value is -1.29. The monoisotopic (exact) mass is 273 g/mol. The fourth-order valence-electron chi connectivity index (χ4n) is 1.25. The highest BCUT2D eigenvalue weighted by atomic mass is 32.2. The summed E-state index contributed by atoms with van der Waals surface area (Å²) in [5, 5.41) is 8.59. The van der Waals surface area contributed by atoms with Gasteiger partial charge in [0, 0.05) is 23.7 Å². The lowest BCUT2D eigenvalue weighted by Gasteiger charge is -2.04. The Kier molecular flexibility index (Phi) is 3.52. The van der Waals surface area contributed by atoms with Crippen molar-refractivity contribution < 1.29 is 8.42 Å². The molecule has 0 radical (unpaired) electrons. The van der Waals surface area contributed by atoms with Gasteiger partial charge >= 0.3 is 0 Å². The molecule has 17 heavy (non-hydrogen) atoms. The van der Waals surface area contributed by atoms with E-state index in [4.69, 9.17) is 5.73 Å². The van der Waals surface area contributed by atoms with Crippen molar-refractivity contribution in [3.05, 3.63) is 28.3 Å². The Morgan fingerprint density at radius 1 is 1.53 bits per heavy atom. The molecular weight excluding hydrogens is 262 g/mol. The predicted molar refractivity (Wildman–Crippen MR) is 62.6 cm³/mol. The van der Waals surface area contributed by atoms with Gasteiger partial charge in [0.25, 0.3) is 10.0 Å². The van der Waals surface area contributed by atoms with Crippen LogP contribution in [0, 0.1) is 0 Å². The number of rotatable bonds is 5. The second kappa shape index (κ2) is 4.92. The van der Waals surface area contributed by atoms with Gasteiger partial charge in [-0.2, -0.15) is 5.10 Å². The summed E-state index contributed by atoms with van der Waals surface area (Å²) in [6, 6.07) is 0. The third-order valence-corrected chi connectivity index (χ3v) is 4.26. The van der Waals surface area contributed by atoms with Crippen LogP contribution in [0.2, 0.25) is 0 Å². The summed E-state index contributed by atoms with van der Waals surface area (Å²) in [7, 11) is -3.62. The second-order valence-corrected chi connectivity index (χ2v) is 5.86. The molecule has 0 aromatic carbocycles. The summed E-state index contributed by atoms with van der Waals surface area (Å²) in [6.45, 7) is 0.271. The van der Waals surface area contributed by atoms with Crippen LogP contribution in [0.5, 0.6) is 0 Å². The average Bonchev–Trinajstić information content (AvgIpc) is 2.97. The van der Waals surface area contributed by atoms with Gasteiger partial charge in [0.1, 0.15) is 5.01 Å². The van der Waals surface area contributed by atoms with E-state index in [2.05, 4.69) is 19.9 Å². The minimum atomic E-state index is -3.62. The number of H-pyrrole nitrogens is 1. The van der Waals surface area contributed by atoms with Crippen LogP contribution in [0.3, 0.4) is 0 Å². The van der Waals surface area contributed by atoms with Crippen LogP contribution in [-0.2, 0) is 23.1 Å². The molecule has 2 rings (SSSR count). The first-order chi connectivity index (χ1) is 8.13. The zero-order valence-corrected chi connectivity index (χ0v) is 10.4. The largest absolute Gasteiger partial charge is 0.326 e. The van der Waals surface area contributed by atoms with Gasteiger partial charge in [-0.25, -0.2) is 18.1 Å². The molecule has 0 amide bonds.